The number of hydrogen-bond acceptors (Lipinski definition) is 4. The molecule has 2 aromatic rings. The largest absolute Gasteiger partial charge is 0.383 e. The third-order valence-electron chi connectivity index (χ3n) is 4.40. The fraction of sp³-hybridized carbons (Fsp3) is 0.294. The van der Waals surface area contributed by atoms with Gasteiger partial charge < -0.3 is 10.5 Å². The lowest BCUT2D eigenvalue weighted by Gasteiger charge is -2.11. The van der Waals surface area contributed by atoms with Crippen LogP contribution in [0.5, 0.6) is 0 Å². The Labute approximate surface area is 145 Å². The highest BCUT2D eigenvalue weighted by Gasteiger charge is 2.69. The van der Waals surface area contributed by atoms with Gasteiger partial charge >= 0.3 is 0 Å². The standard InChI is InChI=1S/C17H17ClFNO3S/c1-23-10-17(20)15(11-2-6-13(19)7-3-11)16(17)24(21,22)14-8-4-12(18)5-9-14/h2-9,15-16H,10,20H2,1H3/t15-,16-,17+/m1/s1. The second-order valence-electron chi connectivity index (χ2n) is 5.99. The molecule has 0 bridgehead atoms. The molecule has 0 aliphatic heterocycles. The van der Waals surface area contributed by atoms with Crippen LogP contribution in [-0.2, 0) is 14.6 Å². The summed E-state index contributed by atoms with van der Waals surface area (Å²) in [6.45, 7) is 0.0898. The SMILES string of the molecule is COC[C@]1(N)[C@H](c2ccc(F)cc2)[C@H]1S(=O)(=O)c1ccc(Cl)cc1. The Balaban J connectivity index is 2.01. The van der Waals surface area contributed by atoms with Gasteiger partial charge in [-0.05, 0) is 42.0 Å². The van der Waals surface area contributed by atoms with Gasteiger partial charge in [0.15, 0.2) is 9.84 Å². The molecule has 0 amide bonds. The van der Waals surface area contributed by atoms with Gasteiger partial charge in [-0.25, -0.2) is 12.8 Å². The van der Waals surface area contributed by atoms with Crippen molar-refractivity contribution in [1.29, 1.82) is 0 Å². The Morgan fingerprint density at radius 2 is 1.75 bits per heavy atom. The number of methoxy groups -OCH3 is 1. The number of benzene rings is 2. The quantitative estimate of drug-likeness (QED) is 0.879. The first kappa shape index (κ1) is 17.4. The van der Waals surface area contributed by atoms with Crippen LogP contribution < -0.4 is 5.73 Å². The molecular formula is C17H17ClFNO3S. The van der Waals surface area contributed by atoms with Crippen LogP contribution in [0.3, 0.4) is 0 Å². The smallest absolute Gasteiger partial charge is 0.183 e. The maximum atomic E-state index is 13.2. The van der Waals surface area contributed by atoms with Crippen molar-refractivity contribution in [2.24, 2.45) is 5.73 Å². The van der Waals surface area contributed by atoms with E-state index in [4.69, 9.17) is 22.1 Å². The first-order chi connectivity index (χ1) is 11.3. The Kier molecular flexibility index (Phi) is 4.42. The molecule has 2 N–H and O–H groups in total. The van der Waals surface area contributed by atoms with E-state index in [9.17, 15) is 12.8 Å². The summed E-state index contributed by atoms with van der Waals surface area (Å²) in [5.41, 5.74) is 5.97. The molecule has 0 unspecified atom stereocenters. The molecule has 0 radical (unpaired) electrons. The normalized spacial score (nSPS) is 26.3. The summed E-state index contributed by atoms with van der Waals surface area (Å²) < 4.78 is 44.3. The predicted molar refractivity (Wildman–Crippen MR) is 90.4 cm³/mol. The third kappa shape index (κ3) is 2.84. The van der Waals surface area contributed by atoms with Crippen LogP contribution in [0.15, 0.2) is 53.4 Å². The summed E-state index contributed by atoms with van der Waals surface area (Å²) >= 11 is 5.83. The molecule has 3 atom stereocenters. The van der Waals surface area contributed by atoms with E-state index < -0.39 is 26.5 Å². The predicted octanol–water partition coefficient (Wildman–Crippen LogP) is 2.76. The van der Waals surface area contributed by atoms with Crippen molar-refractivity contribution in [2.75, 3.05) is 13.7 Å². The average Bonchev–Trinajstić information content (AvgIpc) is 3.15. The van der Waals surface area contributed by atoms with Crippen molar-refractivity contribution >= 4 is 21.4 Å². The molecule has 7 heteroatoms. The fourth-order valence-corrected chi connectivity index (χ4v) is 5.66. The van der Waals surface area contributed by atoms with Crippen LogP contribution in [0.1, 0.15) is 11.5 Å². The van der Waals surface area contributed by atoms with Crippen LogP contribution in [0.25, 0.3) is 0 Å². The molecule has 3 rings (SSSR count). The van der Waals surface area contributed by atoms with Crippen LogP contribution in [-0.4, -0.2) is 32.9 Å². The average molecular weight is 370 g/mol. The molecule has 24 heavy (non-hydrogen) atoms. The number of ether oxygens (including phenoxy) is 1. The van der Waals surface area contributed by atoms with E-state index in [0.717, 1.165) is 0 Å². The van der Waals surface area contributed by atoms with Crippen molar-refractivity contribution in [3.63, 3.8) is 0 Å². The number of nitrogens with two attached hydrogens (primary N) is 1. The highest BCUT2D eigenvalue weighted by molar-refractivity contribution is 7.92. The molecule has 0 spiro atoms. The van der Waals surface area contributed by atoms with E-state index >= 15 is 0 Å². The van der Waals surface area contributed by atoms with Gasteiger partial charge in [0, 0.05) is 18.1 Å². The molecule has 128 valence electrons. The van der Waals surface area contributed by atoms with E-state index in [1.165, 1.54) is 43.5 Å². The zero-order valence-electron chi connectivity index (χ0n) is 12.9. The van der Waals surface area contributed by atoms with Crippen molar-refractivity contribution in [3.8, 4) is 0 Å². The topological polar surface area (TPSA) is 69.4 Å². The van der Waals surface area contributed by atoms with Crippen LogP contribution in [0, 0.1) is 5.82 Å². The first-order valence-electron chi connectivity index (χ1n) is 7.33. The molecule has 1 aliphatic carbocycles. The molecule has 0 heterocycles. The van der Waals surface area contributed by atoms with Gasteiger partial charge in [0.1, 0.15) is 5.82 Å². The molecule has 1 saturated carbocycles. The summed E-state index contributed by atoms with van der Waals surface area (Å²) in [7, 11) is -2.20. The van der Waals surface area contributed by atoms with Gasteiger partial charge in [0.2, 0.25) is 0 Å². The van der Waals surface area contributed by atoms with Crippen molar-refractivity contribution < 1.29 is 17.5 Å². The first-order valence-corrected chi connectivity index (χ1v) is 9.26. The van der Waals surface area contributed by atoms with E-state index in [0.29, 0.717) is 10.6 Å². The summed E-state index contributed by atoms with van der Waals surface area (Å²) in [6, 6.07) is 11.7. The molecule has 1 fully saturated rings. The highest BCUT2D eigenvalue weighted by Crippen LogP contribution is 2.55. The van der Waals surface area contributed by atoms with Crippen molar-refractivity contribution in [3.05, 3.63) is 64.9 Å². The number of rotatable bonds is 5. The highest BCUT2D eigenvalue weighted by atomic mass is 35.5. The Morgan fingerprint density at radius 1 is 1.17 bits per heavy atom. The Morgan fingerprint density at radius 3 is 2.29 bits per heavy atom. The lowest BCUT2D eigenvalue weighted by molar-refractivity contribution is 0.171. The maximum Gasteiger partial charge on any atom is 0.183 e. The lowest BCUT2D eigenvalue weighted by Crippen LogP contribution is -2.35. The summed E-state index contributed by atoms with van der Waals surface area (Å²) in [5, 5.41) is -0.382. The van der Waals surface area contributed by atoms with Gasteiger partial charge in [0.05, 0.1) is 22.3 Å². The lowest BCUT2D eigenvalue weighted by atomic mass is 10.1. The summed E-state index contributed by atoms with van der Waals surface area (Å²) in [5.74, 6) is -0.843. The molecule has 2 aromatic carbocycles. The van der Waals surface area contributed by atoms with Crippen LogP contribution >= 0.6 is 11.6 Å². The van der Waals surface area contributed by atoms with Gasteiger partial charge in [-0.15, -0.1) is 0 Å². The van der Waals surface area contributed by atoms with E-state index in [1.807, 2.05) is 0 Å². The molecular weight excluding hydrogens is 353 g/mol. The minimum Gasteiger partial charge on any atom is -0.383 e. The molecule has 0 aromatic heterocycles. The van der Waals surface area contributed by atoms with Crippen LogP contribution in [0.2, 0.25) is 5.02 Å². The molecule has 0 saturated heterocycles. The number of sulfone groups is 1. The summed E-state index contributed by atoms with van der Waals surface area (Å²) in [6.07, 6.45) is 0. The molecule has 1 aliphatic rings. The van der Waals surface area contributed by atoms with Crippen LogP contribution in [0.4, 0.5) is 4.39 Å². The monoisotopic (exact) mass is 369 g/mol. The Hall–Kier alpha value is -1.47. The number of halogens is 2. The Bertz CT molecular complexity index is 839. The van der Waals surface area contributed by atoms with Gasteiger partial charge in [-0.2, -0.15) is 0 Å². The third-order valence-corrected chi connectivity index (χ3v) is 6.96. The minimum atomic E-state index is -3.68. The van der Waals surface area contributed by atoms with Crippen molar-refractivity contribution in [2.45, 2.75) is 21.6 Å². The van der Waals surface area contributed by atoms with E-state index in [1.54, 1.807) is 12.1 Å². The maximum absolute atomic E-state index is 13.2. The second-order valence-corrected chi connectivity index (χ2v) is 8.50. The van der Waals surface area contributed by atoms with Gasteiger partial charge in [0.25, 0.3) is 0 Å². The minimum absolute atomic E-state index is 0.0898. The second kappa shape index (κ2) is 6.11. The zero-order chi connectivity index (χ0) is 17.5. The van der Waals surface area contributed by atoms with Gasteiger partial charge in [-0.3, -0.25) is 0 Å². The number of hydrogen-bond donors (Lipinski definition) is 1. The van der Waals surface area contributed by atoms with E-state index in [-0.39, 0.29) is 17.3 Å². The fourth-order valence-electron chi connectivity index (χ4n) is 3.24. The van der Waals surface area contributed by atoms with E-state index in [2.05, 4.69) is 0 Å². The zero-order valence-corrected chi connectivity index (χ0v) is 14.5. The summed E-state index contributed by atoms with van der Waals surface area (Å²) in [4.78, 5) is 0.160. The van der Waals surface area contributed by atoms with Crippen molar-refractivity contribution in [1.82, 2.24) is 0 Å². The van der Waals surface area contributed by atoms with Gasteiger partial charge in [-0.1, -0.05) is 23.7 Å². The molecule has 4 nitrogen and oxygen atoms in total.